The molecule has 1 amide bonds. The number of thioether (sulfide) groups is 1. The summed E-state index contributed by atoms with van der Waals surface area (Å²) in [7, 11) is 0. The molecule has 0 aliphatic heterocycles. The van der Waals surface area contributed by atoms with Crippen molar-refractivity contribution in [2.24, 2.45) is 0 Å². The number of esters is 1. The summed E-state index contributed by atoms with van der Waals surface area (Å²) in [4.78, 5) is 25.2. The molecule has 0 saturated carbocycles. The summed E-state index contributed by atoms with van der Waals surface area (Å²) < 4.78 is 5.22. The molecule has 1 atom stereocenters. The van der Waals surface area contributed by atoms with E-state index in [0.29, 0.717) is 10.7 Å². The number of hydrogen-bond acceptors (Lipinski definition) is 4. The summed E-state index contributed by atoms with van der Waals surface area (Å²) in [5.74, 6) is -0.658. The fourth-order valence-electron chi connectivity index (χ4n) is 2.86. The van der Waals surface area contributed by atoms with Gasteiger partial charge in [-0.15, -0.1) is 11.8 Å². The van der Waals surface area contributed by atoms with Crippen LogP contribution >= 0.6 is 23.4 Å². The molecule has 3 rings (SSSR count). The largest absolute Gasteiger partial charge is 0.452 e. The molecule has 0 unspecified atom stereocenters. The van der Waals surface area contributed by atoms with Crippen LogP contribution < -0.4 is 5.32 Å². The average molecular weight is 390 g/mol. The number of carbonyl (C=O) groups excluding carboxylic acids is 2. The second kappa shape index (κ2) is 8.60. The fraction of sp³-hybridized carbons (Fsp3) is 0.300. The molecule has 2 aromatic carbocycles. The molecule has 2 aromatic rings. The summed E-state index contributed by atoms with van der Waals surface area (Å²) in [5, 5.41) is 3.10. The highest BCUT2D eigenvalue weighted by Crippen LogP contribution is 2.27. The number of carbonyl (C=O) groups is 2. The predicted molar refractivity (Wildman–Crippen MR) is 105 cm³/mol. The average Bonchev–Trinajstić information content (AvgIpc) is 3.09. The van der Waals surface area contributed by atoms with Crippen molar-refractivity contribution in [2.75, 3.05) is 11.1 Å². The quantitative estimate of drug-likeness (QED) is 0.584. The second-order valence-electron chi connectivity index (χ2n) is 6.17. The van der Waals surface area contributed by atoms with Crippen molar-refractivity contribution in [3.05, 3.63) is 58.6 Å². The molecule has 0 spiro atoms. The van der Waals surface area contributed by atoms with Crippen molar-refractivity contribution < 1.29 is 14.3 Å². The Hall–Kier alpha value is -1.98. The van der Waals surface area contributed by atoms with E-state index < -0.39 is 18.0 Å². The third-order valence-corrected chi connectivity index (χ3v) is 5.53. The van der Waals surface area contributed by atoms with Crippen LogP contribution in [0, 0.1) is 0 Å². The normalized spacial score (nSPS) is 13.8. The van der Waals surface area contributed by atoms with Gasteiger partial charge in [0.1, 0.15) is 0 Å². The van der Waals surface area contributed by atoms with E-state index in [2.05, 4.69) is 17.4 Å². The molecule has 0 bridgehead atoms. The maximum Gasteiger partial charge on any atom is 0.317 e. The van der Waals surface area contributed by atoms with Crippen LogP contribution in [-0.4, -0.2) is 23.7 Å². The Morgan fingerprint density at radius 3 is 2.77 bits per heavy atom. The topological polar surface area (TPSA) is 55.4 Å². The Morgan fingerprint density at radius 1 is 1.19 bits per heavy atom. The van der Waals surface area contributed by atoms with Crippen molar-refractivity contribution in [1.82, 2.24) is 0 Å². The van der Waals surface area contributed by atoms with Crippen LogP contribution in [0.2, 0.25) is 5.02 Å². The van der Waals surface area contributed by atoms with E-state index in [9.17, 15) is 9.59 Å². The molecule has 6 heteroatoms. The van der Waals surface area contributed by atoms with Gasteiger partial charge in [-0.05, 0) is 61.6 Å². The number of halogens is 1. The zero-order valence-electron chi connectivity index (χ0n) is 14.5. The van der Waals surface area contributed by atoms with Gasteiger partial charge in [0.2, 0.25) is 0 Å². The van der Waals surface area contributed by atoms with Gasteiger partial charge in [-0.3, -0.25) is 9.59 Å². The molecule has 0 fully saturated rings. The highest BCUT2D eigenvalue weighted by Gasteiger charge is 2.19. The third kappa shape index (κ3) is 4.80. The first-order chi connectivity index (χ1) is 12.5. The van der Waals surface area contributed by atoms with Crippen molar-refractivity contribution in [3.8, 4) is 0 Å². The number of nitrogens with one attached hydrogen (secondary N) is 1. The van der Waals surface area contributed by atoms with Crippen LogP contribution in [0.15, 0.2) is 47.4 Å². The number of ether oxygens (including phenoxy) is 1. The zero-order valence-corrected chi connectivity index (χ0v) is 16.0. The lowest BCUT2D eigenvalue weighted by atomic mass is 10.1. The number of fused-ring (bicyclic) bond motifs is 1. The molecular formula is C20H20ClNO3S. The Labute approximate surface area is 162 Å². The van der Waals surface area contributed by atoms with Gasteiger partial charge in [-0.25, -0.2) is 0 Å². The lowest BCUT2D eigenvalue weighted by Gasteiger charge is -2.14. The molecule has 136 valence electrons. The third-order valence-electron chi connectivity index (χ3n) is 4.24. The Bertz CT molecular complexity index is 824. The molecule has 0 heterocycles. The van der Waals surface area contributed by atoms with E-state index in [1.54, 1.807) is 31.2 Å². The first-order valence-corrected chi connectivity index (χ1v) is 9.89. The van der Waals surface area contributed by atoms with Gasteiger partial charge >= 0.3 is 5.97 Å². The molecule has 1 N–H and O–H groups in total. The highest BCUT2D eigenvalue weighted by atomic mass is 35.5. The van der Waals surface area contributed by atoms with E-state index in [1.807, 2.05) is 6.07 Å². The molecule has 1 aliphatic rings. The minimum atomic E-state index is -0.889. The minimum absolute atomic E-state index is 0.169. The number of para-hydroxylation sites is 1. The summed E-state index contributed by atoms with van der Waals surface area (Å²) in [6, 6.07) is 13.2. The number of hydrogen-bond donors (Lipinski definition) is 1. The van der Waals surface area contributed by atoms with Gasteiger partial charge in [0.25, 0.3) is 5.91 Å². The number of rotatable bonds is 6. The van der Waals surface area contributed by atoms with Crippen LogP contribution in [0.3, 0.4) is 0 Å². The van der Waals surface area contributed by atoms with Crippen molar-refractivity contribution in [1.29, 1.82) is 0 Å². The smallest absolute Gasteiger partial charge is 0.317 e. The van der Waals surface area contributed by atoms with Gasteiger partial charge in [-0.2, -0.15) is 0 Å². The second-order valence-corrected chi connectivity index (χ2v) is 7.63. The monoisotopic (exact) mass is 389 g/mol. The number of aryl methyl sites for hydroxylation is 2. The maximum atomic E-state index is 12.1. The van der Waals surface area contributed by atoms with Gasteiger partial charge in [0.15, 0.2) is 6.10 Å². The molecule has 1 aliphatic carbocycles. The maximum absolute atomic E-state index is 12.1. The van der Waals surface area contributed by atoms with Crippen LogP contribution in [0.25, 0.3) is 0 Å². The zero-order chi connectivity index (χ0) is 18.5. The summed E-state index contributed by atoms with van der Waals surface area (Å²) in [6.45, 7) is 1.55. The van der Waals surface area contributed by atoms with Crippen LogP contribution in [0.5, 0.6) is 0 Å². The SMILES string of the molecule is C[C@@H](OC(=O)CSc1ccc2c(c1)CCC2)C(=O)Nc1ccccc1Cl. The first kappa shape index (κ1) is 18.8. The molecule has 0 radical (unpaired) electrons. The number of anilines is 1. The minimum Gasteiger partial charge on any atom is -0.452 e. The van der Waals surface area contributed by atoms with Gasteiger partial charge in [-0.1, -0.05) is 29.8 Å². The number of amides is 1. The van der Waals surface area contributed by atoms with Crippen LogP contribution in [0.1, 0.15) is 24.5 Å². The molecule has 26 heavy (non-hydrogen) atoms. The first-order valence-electron chi connectivity index (χ1n) is 8.52. The number of benzene rings is 2. The van der Waals surface area contributed by atoms with E-state index in [4.69, 9.17) is 16.3 Å². The van der Waals surface area contributed by atoms with Crippen molar-refractivity contribution in [2.45, 2.75) is 37.2 Å². The predicted octanol–water partition coefficient (Wildman–Crippen LogP) is 4.49. The van der Waals surface area contributed by atoms with E-state index in [-0.39, 0.29) is 5.75 Å². The van der Waals surface area contributed by atoms with Crippen LogP contribution in [-0.2, 0) is 27.2 Å². The van der Waals surface area contributed by atoms with E-state index in [0.717, 1.165) is 17.7 Å². The summed E-state index contributed by atoms with van der Waals surface area (Å²) >= 11 is 7.44. The molecule has 4 nitrogen and oxygen atoms in total. The van der Waals surface area contributed by atoms with Crippen LogP contribution in [0.4, 0.5) is 5.69 Å². The molecule has 0 aromatic heterocycles. The highest BCUT2D eigenvalue weighted by molar-refractivity contribution is 8.00. The van der Waals surface area contributed by atoms with Crippen molar-refractivity contribution in [3.63, 3.8) is 0 Å². The lowest BCUT2D eigenvalue weighted by Crippen LogP contribution is -2.30. The fourth-order valence-corrected chi connectivity index (χ4v) is 3.79. The standard InChI is InChI=1S/C20H20ClNO3S/c1-13(20(24)22-18-8-3-2-7-17(18)21)25-19(23)12-26-16-10-9-14-5-4-6-15(14)11-16/h2-3,7-11,13H,4-6,12H2,1H3,(H,22,24)/t13-/m1/s1. The van der Waals surface area contributed by atoms with E-state index >= 15 is 0 Å². The summed E-state index contributed by atoms with van der Waals surface area (Å²) in [5.41, 5.74) is 3.27. The Kier molecular flexibility index (Phi) is 6.22. The van der Waals surface area contributed by atoms with Crippen molar-refractivity contribution >= 4 is 40.9 Å². The van der Waals surface area contributed by atoms with Gasteiger partial charge in [0.05, 0.1) is 16.5 Å². The van der Waals surface area contributed by atoms with Gasteiger partial charge in [0, 0.05) is 4.90 Å². The molecular weight excluding hydrogens is 370 g/mol. The van der Waals surface area contributed by atoms with E-state index in [1.165, 1.54) is 29.3 Å². The Balaban J connectivity index is 1.48. The molecule has 0 saturated heterocycles. The lowest BCUT2D eigenvalue weighted by molar-refractivity contribution is -0.150. The Morgan fingerprint density at radius 2 is 1.96 bits per heavy atom. The summed E-state index contributed by atoms with van der Waals surface area (Å²) in [6.07, 6.45) is 2.55. The van der Waals surface area contributed by atoms with Gasteiger partial charge < -0.3 is 10.1 Å².